The van der Waals surface area contributed by atoms with E-state index in [9.17, 15) is 9.59 Å². The Morgan fingerprint density at radius 3 is 2.76 bits per heavy atom. The molecule has 0 atom stereocenters. The SMILES string of the molecule is CC(=O)NCCOc1ccc(Cl)c(C(=O)O)c1. The van der Waals surface area contributed by atoms with E-state index < -0.39 is 5.97 Å². The minimum absolute atomic E-state index is 0.0105. The number of halogens is 1. The number of benzene rings is 1. The number of carboxylic acid groups (broad SMARTS) is 1. The molecule has 92 valence electrons. The van der Waals surface area contributed by atoms with Gasteiger partial charge in [0, 0.05) is 6.92 Å². The lowest BCUT2D eigenvalue weighted by Gasteiger charge is -2.07. The molecule has 0 radical (unpaired) electrons. The number of nitrogens with one attached hydrogen (secondary N) is 1. The van der Waals surface area contributed by atoms with E-state index in [0.717, 1.165) is 0 Å². The normalized spacial score (nSPS) is 9.76. The van der Waals surface area contributed by atoms with Crippen LogP contribution in [0.2, 0.25) is 5.02 Å². The number of carbonyl (C=O) groups is 2. The molecular weight excluding hydrogens is 246 g/mol. The molecular formula is C11H12ClNO4. The van der Waals surface area contributed by atoms with Gasteiger partial charge in [0.05, 0.1) is 17.1 Å². The smallest absolute Gasteiger partial charge is 0.337 e. The van der Waals surface area contributed by atoms with E-state index >= 15 is 0 Å². The molecule has 0 saturated carbocycles. The zero-order chi connectivity index (χ0) is 12.8. The van der Waals surface area contributed by atoms with Crippen molar-refractivity contribution in [3.8, 4) is 5.75 Å². The Hall–Kier alpha value is -1.75. The van der Waals surface area contributed by atoms with Gasteiger partial charge < -0.3 is 15.2 Å². The maximum atomic E-state index is 10.8. The van der Waals surface area contributed by atoms with Crippen molar-refractivity contribution in [2.75, 3.05) is 13.2 Å². The van der Waals surface area contributed by atoms with Gasteiger partial charge in [-0.3, -0.25) is 4.79 Å². The van der Waals surface area contributed by atoms with Crippen molar-refractivity contribution < 1.29 is 19.4 Å². The quantitative estimate of drug-likeness (QED) is 0.785. The average molecular weight is 258 g/mol. The predicted molar refractivity (Wildman–Crippen MR) is 62.6 cm³/mol. The summed E-state index contributed by atoms with van der Waals surface area (Å²) in [6, 6.07) is 4.37. The van der Waals surface area contributed by atoms with Crippen molar-refractivity contribution >= 4 is 23.5 Å². The average Bonchev–Trinajstić information content (AvgIpc) is 2.25. The summed E-state index contributed by atoms with van der Waals surface area (Å²) in [7, 11) is 0. The molecule has 0 fully saturated rings. The minimum Gasteiger partial charge on any atom is -0.492 e. The fourth-order valence-electron chi connectivity index (χ4n) is 1.15. The lowest BCUT2D eigenvalue weighted by molar-refractivity contribution is -0.119. The van der Waals surface area contributed by atoms with Crippen LogP contribution in [0.4, 0.5) is 0 Å². The Labute approximate surface area is 103 Å². The van der Waals surface area contributed by atoms with Crippen LogP contribution in [0.5, 0.6) is 5.75 Å². The highest BCUT2D eigenvalue weighted by Gasteiger charge is 2.09. The van der Waals surface area contributed by atoms with Crippen molar-refractivity contribution in [1.82, 2.24) is 5.32 Å². The summed E-state index contributed by atoms with van der Waals surface area (Å²) in [4.78, 5) is 21.4. The van der Waals surface area contributed by atoms with Gasteiger partial charge in [-0.25, -0.2) is 4.79 Å². The predicted octanol–water partition coefficient (Wildman–Crippen LogP) is 1.55. The molecule has 1 rings (SSSR count). The van der Waals surface area contributed by atoms with Crippen LogP contribution in [0.3, 0.4) is 0 Å². The Morgan fingerprint density at radius 2 is 2.18 bits per heavy atom. The maximum Gasteiger partial charge on any atom is 0.337 e. The van der Waals surface area contributed by atoms with Gasteiger partial charge in [-0.2, -0.15) is 0 Å². The summed E-state index contributed by atoms with van der Waals surface area (Å²) >= 11 is 5.70. The maximum absolute atomic E-state index is 10.8. The molecule has 0 aromatic heterocycles. The monoisotopic (exact) mass is 257 g/mol. The number of hydrogen-bond acceptors (Lipinski definition) is 3. The fourth-order valence-corrected chi connectivity index (χ4v) is 1.35. The van der Waals surface area contributed by atoms with Crippen molar-refractivity contribution in [3.05, 3.63) is 28.8 Å². The zero-order valence-corrected chi connectivity index (χ0v) is 9.95. The Bertz CT molecular complexity index is 433. The van der Waals surface area contributed by atoms with Gasteiger partial charge in [0.25, 0.3) is 0 Å². The third kappa shape index (κ3) is 4.32. The Balaban J connectivity index is 2.57. The molecule has 0 aliphatic rings. The van der Waals surface area contributed by atoms with Crippen LogP contribution in [-0.4, -0.2) is 30.1 Å². The van der Waals surface area contributed by atoms with Crippen LogP contribution in [-0.2, 0) is 4.79 Å². The third-order valence-corrected chi connectivity index (χ3v) is 2.24. The van der Waals surface area contributed by atoms with Crippen molar-refractivity contribution in [2.24, 2.45) is 0 Å². The van der Waals surface area contributed by atoms with Gasteiger partial charge in [0.15, 0.2) is 0 Å². The van der Waals surface area contributed by atoms with Gasteiger partial charge in [-0.15, -0.1) is 0 Å². The van der Waals surface area contributed by atoms with E-state index in [2.05, 4.69) is 5.32 Å². The number of ether oxygens (including phenoxy) is 1. The second-order valence-electron chi connectivity index (χ2n) is 3.28. The molecule has 0 heterocycles. The van der Waals surface area contributed by atoms with Gasteiger partial charge >= 0.3 is 5.97 Å². The molecule has 0 spiro atoms. The summed E-state index contributed by atoms with van der Waals surface area (Å²) in [5, 5.41) is 11.6. The highest BCUT2D eigenvalue weighted by atomic mass is 35.5. The van der Waals surface area contributed by atoms with Crippen molar-refractivity contribution in [1.29, 1.82) is 0 Å². The van der Waals surface area contributed by atoms with Crippen LogP contribution in [0, 0.1) is 0 Å². The number of rotatable bonds is 5. The largest absolute Gasteiger partial charge is 0.492 e. The topological polar surface area (TPSA) is 75.6 Å². The van der Waals surface area contributed by atoms with Gasteiger partial charge in [0.2, 0.25) is 5.91 Å². The van der Waals surface area contributed by atoms with Crippen LogP contribution in [0.25, 0.3) is 0 Å². The molecule has 0 aliphatic carbocycles. The molecule has 1 amide bonds. The van der Waals surface area contributed by atoms with E-state index in [1.54, 1.807) is 6.07 Å². The molecule has 1 aromatic carbocycles. The van der Waals surface area contributed by atoms with E-state index in [-0.39, 0.29) is 23.1 Å². The number of carbonyl (C=O) groups excluding carboxylic acids is 1. The first-order valence-corrected chi connectivity index (χ1v) is 5.28. The summed E-state index contributed by atoms with van der Waals surface area (Å²) in [6.45, 7) is 2.03. The first kappa shape index (κ1) is 13.3. The second kappa shape index (κ2) is 6.10. The summed E-state index contributed by atoms with van der Waals surface area (Å²) < 4.78 is 5.27. The molecule has 0 unspecified atom stereocenters. The van der Waals surface area contributed by atoms with Crippen LogP contribution >= 0.6 is 11.6 Å². The van der Waals surface area contributed by atoms with E-state index in [0.29, 0.717) is 12.3 Å². The lowest BCUT2D eigenvalue weighted by Crippen LogP contribution is -2.25. The summed E-state index contributed by atoms with van der Waals surface area (Å²) in [5.41, 5.74) is -0.0105. The van der Waals surface area contributed by atoms with Gasteiger partial charge in [-0.05, 0) is 18.2 Å². The second-order valence-corrected chi connectivity index (χ2v) is 3.69. The molecule has 6 heteroatoms. The summed E-state index contributed by atoms with van der Waals surface area (Å²) in [6.07, 6.45) is 0. The van der Waals surface area contributed by atoms with Gasteiger partial charge in [-0.1, -0.05) is 11.6 Å². The minimum atomic E-state index is -1.11. The van der Waals surface area contributed by atoms with E-state index in [1.165, 1.54) is 19.1 Å². The summed E-state index contributed by atoms with van der Waals surface area (Å²) in [5.74, 6) is -0.851. The number of carboxylic acids is 1. The lowest BCUT2D eigenvalue weighted by atomic mass is 10.2. The van der Waals surface area contributed by atoms with E-state index in [1.807, 2.05) is 0 Å². The van der Waals surface area contributed by atoms with Crippen LogP contribution < -0.4 is 10.1 Å². The van der Waals surface area contributed by atoms with Crippen LogP contribution in [0.1, 0.15) is 17.3 Å². The van der Waals surface area contributed by atoms with Crippen LogP contribution in [0.15, 0.2) is 18.2 Å². The fraction of sp³-hybridized carbons (Fsp3) is 0.273. The number of hydrogen-bond donors (Lipinski definition) is 2. The molecule has 17 heavy (non-hydrogen) atoms. The van der Waals surface area contributed by atoms with Gasteiger partial charge in [0.1, 0.15) is 12.4 Å². The third-order valence-electron chi connectivity index (χ3n) is 1.91. The molecule has 0 saturated heterocycles. The first-order chi connectivity index (χ1) is 8.00. The Morgan fingerprint density at radius 1 is 1.47 bits per heavy atom. The molecule has 2 N–H and O–H groups in total. The highest BCUT2D eigenvalue weighted by Crippen LogP contribution is 2.21. The first-order valence-electron chi connectivity index (χ1n) is 4.91. The zero-order valence-electron chi connectivity index (χ0n) is 9.20. The Kier molecular flexibility index (Phi) is 4.78. The number of aromatic carboxylic acids is 1. The standard InChI is InChI=1S/C11H12ClNO4/c1-7(14)13-4-5-17-8-2-3-10(12)9(6-8)11(15)16/h2-3,6H,4-5H2,1H3,(H,13,14)(H,15,16). The highest BCUT2D eigenvalue weighted by molar-refractivity contribution is 6.33. The van der Waals surface area contributed by atoms with Crippen molar-refractivity contribution in [2.45, 2.75) is 6.92 Å². The molecule has 0 aliphatic heterocycles. The molecule has 0 bridgehead atoms. The molecule has 5 nitrogen and oxygen atoms in total. The number of amides is 1. The van der Waals surface area contributed by atoms with E-state index in [4.69, 9.17) is 21.4 Å². The van der Waals surface area contributed by atoms with Crippen molar-refractivity contribution in [3.63, 3.8) is 0 Å². The molecule has 1 aromatic rings.